The largest absolute Gasteiger partial charge is 0.496 e. The number of carboxylic acids is 1. The van der Waals surface area contributed by atoms with E-state index < -0.39 is 11.8 Å². The van der Waals surface area contributed by atoms with Gasteiger partial charge in [0.05, 0.1) is 24.4 Å². The van der Waals surface area contributed by atoms with Crippen LogP contribution in [-0.4, -0.2) is 32.7 Å². The van der Waals surface area contributed by atoms with Crippen LogP contribution in [0.25, 0.3) is 16.6 Å². The van der Waals surface area contributed by atoms with Crippen LogP contribution in [0.5, 0.6) is 11.5 Å². The third-order valence-electron chi connectivity index (χ3n) is 6.26. The molecular formula is C31H24N2O5S. The van der Waals surface area contributed by atoms with Gasteiger partial charge in [-0.3, -0.25) is 4.79 Å². The number of carbonyl (C=O) groups is 2. The van der Waals surface area contributed by atoms with Crippen molar-refractivity contribution in [3.05, 3.63) is 125 Å². The number of allylic oxidation sites excluding steroid dienone is 1. The molecule has 0 amide bonds. The number of hydrogen-bond donors (Lipinski definition) is 1. The number of methoxy groups -OCH3 is 1. The van der Waals surface area contributed by atoms with Gasteiger partial charge in [-0.15, -0.1) is 0 Å². The minimum Gasteiger partial charge on any atom is -0.496 e. The van der Waals surface area contributed by atoms with Crippen LogP contribution in [0.1, 0.15) is 27.0 Å². The third kappa shape index (κ3) is 5.86. The number of fused-ring (bicyclic) bond motifs is 1. The van der Waals surface area contributed by atoms with Crippen molar-refractivity contribution in [1.29, 1.82) is 0 Å². The fraction of sp³-hybridized carbons (Fsp3) is 0.0968. The van der Waals surface area contributed by atoms with Crippen molar-refractivity contribution in [3.8, 4) is 11.5 Å². The van der Waals surface area contributed by atoms with Crippen molar-refractivity contribution in [1.82, 2.24) is 8.75 Å². The average molecular weight is 537 g/mol. The first kappa shape index (κ1) is 25.8. The van der Waals surface area contributed by atoms with Gasteiger partial charge in [0.2, 0.25) is 0 Å². The van der Waals surface area contributed by atoms with Crippen molar-refractivity contribution in [3.63, 3.8) is 0 Å². The molecule has 4 aromatic carbocycles. The van der Waals surface area contributed by atoms with Gasteiger partial charge in [-0.25, -0.2) is 4.79 Å². The maximum atomic E-state index is 13.9. The maximum Gasteiger partial charge on any atom is 0.336 e. The molecule has 0 aliphatic carbocycles. The normalized spacial score (nSPS) is 11.6. The summed E-state index contributed by atoms with van der Waals surface area (Å²) in [5, 5.41) is 10.3. The lowest BCUT2D eigenvalue weighted by molar-refractivity contribution is -0.130. The Morgan fingerprint density at radius 1 is 0.821 bits per heavy atom. The summed E-state index contributed by atoms with van der Waals surface area (Å²) in [6.07, 6.45) is 0.0596. The molecule has 1 N–H and O–H groups in total. The summed E-state index contributed by atoms with van der Waals surface area (Å²) in [6, 6.07) is 28.8. The average Bonchev–Trinajstić information content (AvgIpc) is 3.44. The number of carbonyl (C=O) groups excluding carboxylic acids is 1. The maximum absolute atomic E-state index is 13.9. The lowest BCUT2D eigenvalue weighted by Gasteiger charge is -2.15. The Bertz CT molecular complexity index is 1660. The highest BCUT2D eigenvalue weighted by Gasteiger charge is 2.25. The number of ether oxygens (including phenoxy) is 2. The fourth-order valence-electron chi connectivity index (χ4n) is 4.30. The van der Waals surface area contributed by atoms with Gasteiger partial charge >= 0.3 is 5.97 Å². The van der Waals surface area contributed by atoms with Crippen molar-refractivity contribution < 1.29 is 24.2 Å². The Morgan fingerprint density at radius 3 is 2.26 bits per heavy atom. The number of carboxylic acid groups (broad SMARTS) is 1. The lowest BCUT2D eigenvalue weighted by atomic mass is 9.89. The molecular weight excluding hydrogens is 512 g/mol. The molecule has 0 unspecified atom stereocenters. The molecule has 5 aromatic rings. The quantitative estimate of drug-likeness (QED) is 0.167. The zero-order valence-corrected chi connectivity index (χ0v) is 21.9. The number of ketones is 1. The summed E-state index contributed by atoms with van der Waals surface area (Å²) in [4.78, 5) is 26.6. The van der Waals surface area contributed by atoms with E-state index in [1.165, 1.54) is 0 Å². The molecule has 0 spiro atoms. The van der Waals surface area contributed by atoms with E-state index >= 15 is 0 Å². The van der Waals surface area contributed by atoms with Crippen LogP contribution in [0.2, 0.25) is 0 Å². The van der Waals surface area contributed by atoms with Crippen LogP contribution in [0, 0.1) is 0 Å². The number of aliphatic carboxylic acids is 1. The van der Waals surface area contributed by atoms with Gasteiger partial charge in [0, 0.05) is 17.6 Å². The molecule has 1 aromatic heterocycles. The summed E-state index contributed by atoms with van der Waals surface area (Å²) in [5.74, 6) is -0.440. The molecule has 0 aliphatic rings. The first-order valence-electron chi connectivity index (χ1n) is 12.2. The van der Waals surface area contributed by atoms with Gasteiger partial charge < -0.3 is 14.6 Å². The molecule has 194 valence electrons. The first-order chi connectivity index (χ1) is 19.0. The molecule has 0 aliphatic heterocycles. The number of para-hydroxylation sites is 1. The number of benzene rings is 4. The number of nitrogens with zero attached hydrogens (tertiary/aromatic N) is 2. The summed E-state index contributed by atoms with van der Waals surface area (Å²) < 4.78 is 19.8. The highest BCUT2D eigenvalue weighted by atomic mass is 32.1. The van der Waals surface area contributed by atoms with E-state index in [1.54, 1.807) is 55.6 Å². The summed E-state index contributed by atoms with van der Waals surface area (Å²) in [7, 11) is 1.54. The zero-order valence-electron chi connectivity index (χ0n) is 21.0. The molecule has 0 atom stereocenters. The molecule has 8 heteroatoms. The van der Waals surface area contributed by atoms with Crippen LogP contribution in [0.15, 0.2) is 103 Å². The molecule has 0 saturated carbocycles. The summed E-state index contributed by atoms with van der Waals surface area (Å²) in [6.45, 7) is 0.393. The molecule has 39 heavy (non-hydrogen) atoms. The van der Waals surface area contributed by atoms with Crippen LogP contribution in [0.4, 0.5) is 0 Å². The van der Waals surface area contributed by atoms with Gasteiger partial charge in [0.1, 0.15) is 29.1 Å². The van der Waals surface area contributed by atoms with Gasteiger partial charge in [0.15, 0.2) is 5.78 Å². The van der Waals surface area contributed by atoms with Crippen LogP contribution in [-0.2, 0) is 17.8 Å². The lowest BCUT2D eigenvalue weighted by Crippen LogP contribution is -2.14. The predicted octanol–water partition coefficient (Wildman–Crippen LogP) is 6.24. The van der Waals surface area contributed by atoms with E-state index in [-0.39, 0.29) is 17.6 Å². The Kier molecular flexibility index (Phi) is 7.75. The first-order valence-corrected chi connectivity index (χ1v) is 12.9. The standard InChI is InChI=1S/C31H24N2O5S/c1-37-28-10-6-5-9-22(28)17-25(29(31(35)36)23-13-16-26-27(18-23)33-39-32-26)30(34)21-11-14-24(15-12-21)38-19-20-7-3-2-4-8-20/h2-16,18H,17,19H2,1H3,(H,35,36). The van der Waals surface area contributed by atoms with E-state index in [0.29, 0.717) is 45.8 Å². The Morgan fingerprint density at radius 2 is 1.51 bits per heavy atom. The van der Waals surface area contributed by atoms with Gasteiger partial charge in [-0.1, -0.05) is 54.6 Å². The van der Waals surface area contributed by atoms with Crippen LogP contribution >= 0.6 is 11.7 Å². The highest BCUT2D eigenvalue weighted by molar-refractivity contribution is 7.00. The smallest absolute Gasteiger partial charge is 0.336 e. The Labute approximate surface area is 229 Å². The summed E-state index contributed by atoms with van der Waals surface area (Å²) in [5.41, 5.74) is 3.72. The van der Waals surface area contributed by atoms with Crippen molar-refractivity contribution in [2.45, 2.75) is 13.0 Å². The monoisotopic (exact) mass is 536 g/mol. The fourth-order valence-corrected chi connectivity index (χ4v) is 4.82. The predicted molar refractivity (Wildman–Crippen MR) is 150 cm³/mol. The van der Waals surface area contributed by atoms with E-state index in [1.807, 2.05) is 48.5 Å². The highest BCUT2D eigenvalue weighted by Crippen LogP contribution is 2.30. The second-order valence-corrected chi connectivity index (χ2v) is 9.27. The van der Waals surface area contributed by atoms with Crippen molar-refractivity contribution in [2.75, 3.05) is 7.11 Å². The van der Waals surface area contributed by atoms with E-state index in [4.69, 9.17) is 9.47 Å². The van der Waals surface area contributed by atoms with E-state index in [9.17, 15) is 14.7 Å². The Hall–Kier alpha value is -4.82. The number of Topliss-reactive ketones (excluding diaryl/α,β-unsaturated/α-hetero) is 1. The molecule has 7 nitrogen and oxygen atoms in total. The molecule has 0 saturated heterocycles. The van der Waals surface area contributed by atoms with Gasteiger partial charge in [-0.05, 0) is 59.2 Å². The minimum absolute atomic E-state index is 0.0596. The number of rotatable bonds is 10. The second kappa shape index (κ2) is 11.7. The minimum atomic E-state index is -1.21. The zero-order chi connectivity index (χ0) is 27.2. The van der Waals surface area contributed by atoms with Crippen LogP contribution in [0.3, 0.4) is 0 Å². The molecule has 1 heterocycles. The van der Waals surface area contributed by atoms with Crippen LogP contribution < -0.4 is 9.47 Å². The number of aromatic nitrogens is 2. The molecule has 0 radical (unpaired) electrons. The SMILES string of the molecule is COc1ccccc1CC(C(=O)c1ccc(OCc2ccccc2)cc1)=C(C(=O)O)c1ccc2nsnc2c1. The van der Waals surface area contributed by atoms with Crippen molar-refractivity contribution >= 4 is 40.1 Å². The summed E-state index contributed by atoms with van der Waals surface area (Å²) >= 11 is 1.05. The third-order valence-corrected chi connectivity index (χ3v) is 6.81. The van der Waals surface area contributed by atoms with E-state index in [0.717, 1.165) is 17.3 Å². The Balaban J connectivity index is 1.54. The molecule has 0 fully saturated rings. The second-order valence-electron chi connectivity index (χ2n) is 8.74. The molecule has 5 rings (SSSR count). The van der Waals surface area contributed by atoms with Gasteiger partial charge in [-0.2, -0.15) is 8.75 Å². The van der Waals surface area contributed by atoms with Gasteiger partial charge in [0.25, 0.3) is 0 Å². The van der Waals surface area contributed by atoms with Crippen molar-refractivity contribution in [2.24, 2.45) is 0 Å². The van der Waals surface area contributed by atoms with E-state index in [2.05, 4.69) is 8.75 Å². The molecule has 0 bridgehead atoms. The number of hydrogen-bond acceptors (Lipinski definition) is 7. The topological polar surface area (TPSA) is 98.6 Å².